The molecule has 2 nitrogen and oxygen atoms in total. The van der Waals surface area contributed by atoms with Gasteiger partial charge in [-0.2, -0.15) is 0 Å². The van der Waals surface area contributed by atoms with Crippen molar-refractivity contribution in [1.82, 2.24) is 4.90 Å². The zero-order valence-corrected chi connectivity index (χ0v) is 13.5. The van der Waals surface area contributed by atoms with Crippen molar-refractivity contribution in [2.24, 2.45) is 5.73 Å². The summed E-state index contributed by atoms with van der Waals surface area (Å²) < 4.78 is 0. The van der Waals surface area contributed by atoms with Gasteiger partial charge in [0.1, 0.15) is 0 Å². The summed E-state index contributed by atoms with van der Waals surface area (Å²) in [5, 5.41) is 0. The van der Waals surface area contributed by atoms with Gasteiger partial charge in [-0.05, 0) is 63.9 Å². The van der Waals surface area contributed by atoms with Crippen molar-refractivity contribution >= 4 is 0 Å². The van der Waals surface area contributed by atoms with Crippen LogP contribution in [0.5, 0.6) is 0 Å². The molecule has 19 heavy (non-hydrogen) atoms. The van der Waals surface area contributed by atoms with Crippen molar-refractivity contribution < 1.29 is 0 Å². The average molecular weight is 262 g/mol. The Labute approximate surface area is 119 Å². The number of hydrogen-bond donors (Lipinski definition) is 1. The number of benzene rings is 1. The van der Waals surface area contributed by atoms with Crippen LogP contribution in [0.1, 0.15) is 43.4 Å². The largest absolute Gasteiger partial charge is 0.326 e. The Kier molecular flexibility index (Phi) is 5.57. The predicted molar refractivity (Wildman–Crippen MR) is 84.6 cm³/mol. The Hall–Kier alpha value is -0.860. The van der Waals surface area contributed by atoms with Gasteiger partial charge in [-0.15, -0.1) is 0 Å². The van der Waals surface area contributed by atoms with Gasteiger partial charge in [0.05, 0.1) is 0 Å². The standard InChI is InChI=1S/C17H30N2/c1-7-17(8-2,19(5)6)16(18)12-15-13(3)10-9-11-14(15)4/h9-11,16H,7-8,12,18H2,1-6H3. The molecule has 2 heteroatoms. The SMILES string of the molecule is CCC(CC)(C(N)Cc1c(C)cccc1C)N(C)C. The van der Waals surface area contributed by atoms with Gasteiger partial charge in [0.2, 0.25) is 0 Å². The molecule has 108 valence electrons. The van der Waals surface area contributed by atoms with Crippen LogP contribution in [0.15, 0.2) is 18.2 Å². The van der Waals surface area contributed by atoms with Crippen molar-refractivity contribution in [1.29, 1.82) is 0 Å². The molecule has 0 saturated carbocycles. The highest BCUT2D eigenvalue weighted by molar-refractivity contribution is 5.34. The molecule has 0 amide bonds. The highest BCUT2D eigenvalue weighted by atomic mass is 15.2. The Morgan fingerprint density at radius 1 is 1.11 bits per heavy atom. The summed E-state index contributed by atoms with van der Waals surface area (Å²) in [5.41, 5.74) is 10.8. The van der Waals surface area contributed by atoms with E-state index in [-0.39, 0.29) is 11.6 Å². The third-order valence-corrected chi connectivity index (χ3v) is 4.87. The quantitative estimate of drug-likeness (QED) is 0.852. The molecule has 0 saturated heterocycles. The average Bonchev–Trinajstić information content (AvgIpc) is 2.36. The molecule has 0 bridgehead atoms. The number of rotatable bonds is 6. The van der Waals surface area contributed by atoms with Gasteiger partial charge >= 0.3 is 0 Å². The third-order valence-electron chi connectivity index (χ3n) is 4.87. The van der Waals surface area contributed by atoms with Crippen LogP contribution in [-0.4, -0.2) is 30.6 Å². The lowest BCUT2D eigenvalue weighted by molar-refractivity contribution is 0.105. The van der Waals surface area contributed by atoms with Gasteiger partial charge in [0.25, 0.3) is 0 Å². The summed E-state index contributed by atoms with van der Waals surface area (Å²) >= 11 is 0. The van der Waals surface area contributed by atoms with Crippen LogP contribution in [-0.2, 0) is 6.42 Å². The zero-order valence-electron chi connectivity index (χ0n) is 13.5. The fourth-order valence-electron chi connectivity index (χ4n) is 3.32. The summed E-state index contributed by atoms with van der Waals surface area (Å²) in [4.78, 5) is 2.31. The molecule has 0 aliphatic rings. The molecule has 1 aromatic carbocycles. The summed E-state index contributed by atoms with van der Waals surface area (Å²) in [5.74, 6) is 0. The fourth-order valence-corrected chi connectivity index (χ4v) is 3.32. The molecule has 0 fully saturated rings. The van der Waals surface area contributed by atoms with E-state index in [1.54, 1.807) is 0 Å². The van der Waals surface area contributed by atoms with Crippen LogP contribution < -0.4 is 5.73 Å². The van der Waals surface area contributed by atoms with Crippen molar-refractivity contribution in [2.75, 3.05) is 14.1 Å². The molecule has 2 N–H and O–H groups in total. The van der Waals surface area contributed by atoms with Crippen LogP contribution in [0.2, 0.25) is 0 Å². The minimum atomic E-state index is 0.0920. The first-order valence-corrected chi connectivity index (χ1v) is 7.37. The maximum absolute atomic E-state index is 6.60. The third kappa shape index (κ3) is 3.18. The second-order valence-corrected chi connectivity index (χ2v) is 5.89. The van der Waals surface area contributed by atoms with Crippen LogP contribution in [0.4, 0.5) is 0 Å². The van der Waals surface area contributed by atoms with Crippen LogP contribution in [0, 0.1) is 13.8 Å². The van der Waals surface area contributed by atoms with Crippen molar-refractivity contribution in [3.63, 3.8) is 0 Å². The predicted octanol–water partition coefficient (Wildman–Crippen LogP) is 3.29. The van der Waals surface area contributed by atoms with Crippen LogP contribution in [0.25, 0.3) is 0 Å². The first-order chi connectivity index (χ1) is 8.89. The van der Waals surface area contributed by atoms with E-state index in [0.717, 1.165) is 19.3 Å². The van der Waals surface area contributed by atoms with Gasteiger partial charge in [-0.3, -0.25) is 0 Å². The molecular weight excluding hydrogens is 232 g/mol. The number of hydrogen-bond acceptors (Lipinski definition) is 2. The van der Waals surface area contributed by atoms with Gasteiger partial charge in [-0.1, -0.05) is 32.0 Å². The van der Waals surface area contributed by atoms with Gasteiger partial charge in [0.15, 0.2) is 0 Å². The molecule has 1 unspecified atom stereocenters. The van der Waals surface area contributed by atoms with E-state index in [9.17, 15) is 0 Å². The Balaban J connectivity index is 3.03. The van der Waals surface area contributed by atoms with Gasteiger partial charge in [-0.25, -0.2) is 0 Å². The van der Waals surface area contributed by atoms with Gasteiger partial charge in [0, 0.05) is 11.6 Å². The van der Waals surface area contributed by atoms with Crippen LogP contribution in [0.3, 0.4) is 0 Å². The number of nitrogens with two attached hydrogens (primary N) is 1. The zero-order chi connectivity index (χ0) is 14.6. The maximum atomic E-state index is 6.60. The summed E-state index contributed by atoms with van der Waals surface area (Å²) in [6, 6.07) is 6.66. The van der Waals surface area contributed by atoms with E-state index in [1.165, 1.54) is 16.7 Å². The number of aryl methyl sites for hydroxylation is 2. The molecule has 1 aromatic rings. The molecule has 0 radical (unpaired) electrons. The Bertz CT molecular complexity index is 385. The lowest BCUT2D eigenvalue weighted by Crippen LogP contribution is -2.57. The number of likely N-dealkylation sites (N-methyl/N-ethyl adjacent to an activating group) is 1. The van der Waals surface area contributed by atoms with E-state index in [2.05, 4.69) is 64.9 Å². The Morgan fingerprint density at radius 2 is 1.58 bits per heavy atom. The molecule has 0 heterocycles. The van der Waals surface area contributed by atoms with Crippen LogP contribution >= 0.6 is 0 Å². The van der Waals surface area contributed by atoms with Crippen molar-refractivity contribution in [2.45, 2.75) is 58.5 Å². The molecule has 0 aliphatic carbocycles. The highest BCUT2D eigenvalue weighted by Gasteiger charge is 2.35. The minimum absolute atomic E-state index is 0.0920. The number of nitrogens with zero attached hydrogens (tertiary/aromatic N) is 1. The van der Waals surface area contributed by atoms with Gasteiger partial charge < -0.3 is 10.6 Å². The lowest BCUT2D eigenvalue weighted by atomic mass is 9.79. The summed E-state index contributed by atoms with van der Waals surface area (Å²) in [6.07, 6.45) is 3.13. The van der Waals surface area contributed by atoms with E-state index < -0.39 is 0 Å². The topological polar surface area (TPSA) is 29.3 Å². The monoisotopic (exact) mass is 262 g/mol. The molecular formula is C17H30N2. The van der Waals surface area contributed by atoms with Crippen molar-refractivity contribution in [3.8, 4) is 0 Å². The maximum Gasteiger partial charge on any atom is 0.0352 e. The van der Waals surface area contributed by atoms with Crippen molar-refractivity contribution in [3.05, 3.63) is 34.9 Å². The first kappa shape index (κ1) is 16.2. The smallest absolute Gasteiger partial charge is 0.0352 e. The molecule has 1 atom stereocenters. The normalized spacial score (nSPS) is 13.9. The first-order valence-electron chi connectivity index (χ1n) is 7.37. The van der Waals surface area contributed by atoms with E-state index >= 15 is 0 Å². The lowest BCUT2D eigenvalue weighted by Gasteiger charge is -2.44. The van der Waals surface area contributed by atoms with E-state index in [4.69, 9.17) is 5.73 Å². The molecule has 0 spiro atoms. The summed E-state index contributed by atoms with van der Waals surface area (Å²) in [7, 11) is 4.30. The molecule has 0 aliphatic heterocycles. The Morgan fingerprint density at radius 3 is 1.95 bits per heavy atom. The molecule has 0 aromatic heterocycles. The van der Waals surface area contributed by atoms with E-state index in [0.29, 0.717) is 0 Å². The minimum Gasteiger partial charge on any atom is -0.326 e. The fraction of sp³-hybridized carbons (Fsp3) is 0.647. The second kappa shape index (κ2) is 6.53. The summed E-state index contributed by atoms with van der Waals surface area (Å²) in [6.45, 7) is 8.86. The van der Waals surface area contributed by atoms with E-state index in [1.807, 2.05) is 0 Å². The molecule has 1 rings (SSSR count). The highest BCUT2D eigenvalue weighted by Crippen LogP contribution is 2.28. The second-order valence-electron chi connectivity index (χ2n) is 5.89.